The van der Waals surface area contributed by atoms with Crippen LogP contribution in [0.1, 0.15) is 11.1 Å². The minimum Gasteiger partial charge on any atom is -0.506 e. The van der Waals surface area contributed by atoms with Gasteiger partial charge in [-0.1, -0.05) is 60.1 Å². The summed E-state index contributed by atoms with van der Waals surface area (Å²) in [5.41, 5.74) is 5.25. The van der Waals surface area contributed by atoms with Crippen molar-refractivity contribution in [3.63, 3.8) is 0 Å². The van der Waals surface area contributed by atoms with Crippen LogP contribution in [0.15, 0.2) is 95.7 Å². The number of nitrogens with zero attached hydrogens (tertiary/aromatic N) is 2. The molecular formula is C36H29ClFN3O5. The number of aromatic nitrogens is 2. The van der Waals surface area contributed by atoms with Gasteiger partial charge in [0, 0.05) is 23.1 Å². The third kappa shape index (κ3) is 5.73. The fourth-order valence-corrected chi connectivity index (χ4v) is 5.76. The van der Waals surface area contributed by atoms with Gasteiger partial charge in [-0.05, 0) is 65.6 Å². The van der Waals surface area contributed by atoms with Crippen LogP contribution in [-0.4, -0.2) is 41.3 Å². The Morgan fingerprint density at radius 3 is 2.41 bits per heavy atom. The van der Waals surface area contributed by atoms with Crippen LogP contribution in [-0.2, 0) is 16.0 Å². The fraction of sp³-hybridized carbons (Fsp3) is 0.139. The van der Waals surface area contributed by atoms with Gasteiger partial charge in [-0.25, -0.2) is 19.2 Å². The molecule has 0 aliphatic heterocycles. The van der Waals surface area contributed by atoms with Crippen molar-refractivity contribution in [3.8, 4) is 45.1 Å². The number of ether oxygens (including phenoxy) is 2. The zero-order valence-corrected chi connectivity index (χ0v) is 25.9. The van der Waals surface area contributed by atoms with Gasteiger partial charge in [-0.15, -0.1) is 0 Å². The number of aromatic hydroxyl groups is 1. The van der Waals surface area contributed by atoms with Gasteiger partial charge in [-0.3, -0.25) is 0 Å². The number of carbonyl (C=O) groups excluding carboxylic acids is 1. The first-order valence-corrected chi connectivity index (χ1v) is 14.8. The molecule has 0 aliphatic rings. The highest BCUT2D eigenvalue weighted by Crippen LogP contribution is 2.46. The van der Waals surface area contributed by atoms with Crippen molar-refractivity contribution in [2.75, 3.05) is 19.5 Å². The maximum Gasteiger partial charge on any atom is 0.328 e. The number of para-hydroxylation sites is 1. The van der Waals surface area contributed by atoms with Crippen molar-refractivity contribution in [2.45, 2.75) is 19.4 Å². The Morgan fingerprint density at radius 1 is 0.957 bits per heavy atom. The van der Waals surface area contributed by atoms with E-state index in [2.05, 4.69) is 15.3 Å². The van der Waals surface area contributed by atoms with Gasteiger partial charge in [0.15, 0.2) is 0 Å². The Labute approximate surface area is 269 Å². The lowest BCUT2D eigenvalue weighted by Crippen LogP contribution is -2.33. The second-order valence-corrected chi connectivity index (χ2v) is 10.9. The second-order valence-electron chi connectivity index (χ2n) is 10.6. The number of fused-ring (bicyclic) bond motifs is 1. The number of rotatable bonds is 9. The number of esters is 1. The van der Waals surface area contributed by atoms with E-state index < -0.39 is 17.8 Å². The van der Waals surface area contributed by atoms with Crippen LogP contribution in [0, 0.1) is 12.7 Å². The predicted molar refractivity (Wildman–Crippen MR) is 176 cm³/mol. The monoisotopic (exact) mass is 637 g/mol. The summed E-state index contributed by atoms with van der Waals surface area (Å²) in [7, 11) is 2.95. The number of hydrogen-bond acceptors (Lipinski definition) is 8. The Kier molecular flexibility index (Phi) is 8.59. The number of phenols is 1. The van der Waals surface area contributed by atoms with E-state index in [-0.39, 0.29) is 22.9 Å². The lowest BCUT2D eigenvalue weighted by atomic mass is 9.94. The summed E-state index contributed by atoms with van der Waals surface area (Å²) in [6.45, 7) is 1.77. The molecule has 0 bridgehead atoms. The molecule has 6 rings (SSSR count). The maximum atomic E-state index is 13.9. The van der Waals surface area contributed by atoms with Crippen LogP contribution in [0.25, 0.3) is 44.7 Å². The number of phenolic OH excluding ortho intramolecular Hbond substituents is 1. The molecule has 0 fully saturated rings. The first-order valence-electron chi connectivity index (χ1n) is 14.4. The minimum absolute atomic E-state index is 0.0758. The lowest BCUT2D eigenvalue weighted by Gasteiger charge is -2.20. The summed E-state index contributed by atoms with van der Waals surface area (Å²) in [6, 6.07) is 23.6. The van der Waals surface area contributed by atoms with E-state index in [4.69, 9.17) is 25.5 Å². The van der Waals surface area contributed by atoms with E-state index >= 15 is 0 Å². The molecule has 2 N–H and O–H groups in total. The van der Waals surface area contributed by atoms with Crippen molar-refractivity contribution in [3.05, 3.63) is 113 Å². The lowest BCUT2D eigenvalue weighted by molar-refractivity contribution is -0.141. The van der Waals surface area contributed by atoms with Gasteiger partial charge in [0.05, 0.1) is 24.6 Å². The van der Waals surface area contributed by atoms with Gasteiger partial charge in [0.25, 0.3) is 0 Å². The topological polar surface area (TPSA) is 107 Å². The molecule has 0 saturated heterocycles. The van der Waals surface area contributed by atoms with Crippen LogP contribution >= 0.6 is 11.6 Å². The number of furan rings is 1. The molecule has 2 aromatic heterocycles. The van der Waals surface area contributed by atoms with Gasteiger partial charge < -0.3 is 24.3 Å². The highest BCUT2D eigenvalue weighted by molar-refractivity contribution is 6.33. The number of benzene rings is 4. The largest absolute Gasteiger partial charge is 0.506 e. The Hall–Kier alpha value is -5.41. The maximum absolute atomic E-state index is 13.9. The third-order valence-electron chi connectivity index (χ3n) is 7.87. The van der Waals surface area contributed by atoms with Crippen molar-refractivity contribution in [2.24, 2.45) is 0 Å². The fourth-order valence-electron chi connectivity index (χ4n) is 5.59. The van der Waals surface area contributed by atoms with Crippen LogP contribution in [0.5, 0.6) is 11.5 Å². The number of hydrogen-bond donors (Lipinski definition) is 2. The molecule has 8 nitrogen and oxygen atoms in total. The second kappa shape index (κ2) is 12.9. The van der Waals surface area contributed by atoms with Gasteiger partial charge in [0.2, 0.25) is 5.71 Å². The van der Waals surface area contributed by atoms with Crippen LogP contribution in [0.4, 0.5) is 10.2 Å². The highest BCUT2D eigenvalue weighted by Gasteiger charge is 2.28. The van der Waals surface area contributed by atoms with Crippen molar-refractivity contribution >= 4 is 34.5 Å². The Morgan fingerprint density at radius 2 is 1.67 bits per heavy atom. The number of methoxy groups -OCH3 is 2. The van der Waals surface area contributed by atoms with E-state index in [0.717, 1.165) is 16.7 Å². The van der Waals surface area contributed by atoms with E-state index in [1.807, 2.05) is 48.5 Å². The molecule has 2 heterocycles. The number of carbonyl (C=O) groups is 1. The smallest absolute Gasteiger partial charge is 0.328 e. The first kappa shape index (κ1) is 30.6. The number of nitrogens with one attached hydrogen (secondary N) is 1. The molecular weight excluding hydrogens is 609 g/mol. The van der Waals surface area contributed by atoms with E-state index in [0.29, 0.717) is 45.0 Å². The summed E-state index contributed by atoms with van der Waals surface area (Å²) in [6.07, 6.45) is 1.58. The Balaban J connectivity index is 1.51. The summed E-state index contributed by atoms with van der Waals surface area (Å²) in [4.78, 5) is 22.2. The zero-order valence-electron chi connectivity index (χ0n) is 25.2. The average molecular weight is 638 g/mol. The summed E-state index contributed by atoms with van der Waals surface area (Å²) in [5, 5.41) is 14.2. The van der Waals surface area contributed by atoms with Gasteiger partial charge in [-0.2, -0.15) is 0 Å². The van der Waals surface area contributed by atoms with E-state index in [1.54, 1.807) is 32.2 Å². The number of anilines is 1. The molecule has 0 radical (unpaired) electrons. The van der Waals surface area contributed by atoms with E-state index in [9.17, 15) is 14.3 Å². The van der Waals surface area contributed by atoms with Gasteiger partial charge >= 0.3 is 5.97 Å². The molecule has 0 aliphatic carbocycles. The molecule has 1 unspecified atom stereocenters. The van der Waals surface area contributed by atoms with Crippen molar-refractivity contribution in [1.29, 1.82) is 0 Å². The average Bonchev–Trinajstić information content (AvgIpc) is 3.47. The standard InChI is InChI=1S/C36H29ClFN3O5/c1-20-24(16-17-28(42)32(20)37)30-31-34(39-19-40-35(31)46-33(30)21-12-14-23(38)15-13-21)41-27(36(43)45-3)18-22-8-4-5-9-25(22)26-10-6-7-11-29(26)44-2/h4-17,19,27,42H,18H2,1-3H3,(H,39,40,41). The zero-order chi connectivity index (χ0) is 32.4. The molecule has 1 atom stereocenters. The molecule has 4 aromatic carbocycles. The Bertz CT molecular complexity index is 2060. The summed E-state index contributed by atoms with van der Waals surface area (Å²) >= 11 is 6.48. The normalized spacial score (nSPS) is 11.8. The molecule has 0 amide bonds. The quantitative estimate of drug-likeness (QED) is 0.153. The summed E-state index contributed by atoms with van der Waals surface area (Å²) < 4.78 is 31.0. The predicted octanol–water partition coefficient (Wildman–Crippen LogP) is 8.24. The van der Waals surface area contributed by atoms with Crippen molar-refractivity contribution in [1.82, 2.24) is 9.97 Å². The van der Waals surface area contributed by atoms with Crippen LogP contribution in [0.2, 0.25) is 5.02 Å². The van der Waals surface area contributed by atoms with Crippen LogP contribution < -0.4 is 10.1 Å². The first-order chi connectivity index (χ1) is 22.3. The molecule has 0 saturated carbocycles. The molecule has 6 aromatic rings. The van der Waals surface area contributed by atoms with Crippen molar-refractivity contribution < 1.29 is 28.2 Å². The minimum atomic E-state index is -0.875. The molecule has 0 spiro atoms. The summed E-state index contributed by atoms with van der Waals surface area (Å²) in [5.74, 6) is 0.420. The van der Waals surface area contributed by atoms with Gasteiger partial charge in [0.1, 0.15) is 41.3 Å². The SMILES string of the molecule is COC(=O)C(Cc1ccccc1-c1ccccc1OC)Nc1ncnc2oc(-c3ccc(F)cc3)c(-c3ccc(O)c(Cl)c3C)c12. The number of halogens is 2. The molecule has 232 valence electrons. The highest BCUT2D eigenvalue weighted by atomic mass is 35.5. The van der Waals surface area contributed by atoms with Crippen LogP contribution in [0.3, 0.4) is 0 Å². The van der Waals surface area contributed by atoms with E-state index in [1.165, 1.54) is 31.6 Å². The molecule has 10 heteroatoms. The third-order valence-corrected chi connectivity index (χ3v) is 8.34. The molecule has 46 heavy (non-hydrogen) atoms.